The van der Waals surface area contributed by atoms with E-state index in [9.17, 15) is 10.1 Å². The number of hydrogen-bond donors (Lipinski definition) is 2. The molecular formula is C17H23IN4O3. The molecule has 0 saturated heterocycles. The van der Waals surface area contributed by atoms with Crippen molar-refractivity contribution in [2.24, 2.45) is 4.99 Å². The molecule has 2 aromatic rings. The second kappa shape index (κ2) is 10.7. The van der Waals surface area contributed by atoms with Crippen LogP contribution in [0.2, 0.25) is 0 Å². The number of halogens is 1. The normalized spacial score (nSPS) is 12.2. The van der Waals surface area contributed by atoms with Gasteiger partial charge in [-0.25, -0.2) is 4.99 Å². The van der Waals surface area contributed by atoms with Crippen molar-refractivity contribution in [1.29, 1.82) is 0 Å². The topological polar surface area (TPSA) is 92.7 Å². The molecule has 0 radical (unpaired) electrons. The summed E-state index contributed by atoms with van der Waals surface area (Å²) in [7, 11) is 0. The molecule has 1 atom stereocenters. The Labute approximate surface area is 164 Å². The number of nitrogens with zero attached hydrogens (tertiary/aromatic N) is 2. The molecule has 1 heterocycles. The fraction of sp³-hybridized carbons (Fsp3) is 0.353. The lowest BCUT2D eigenvalue weighted by Gasteiger charge is -2.16. The minimum atomic E-state index is -0.409. The molecule has 1 aromatic carbocycles. The molecule has 136 valence electrons. The molecular weight excluding hydrogens is 435 g/mol. The van der Waals surface area contributed by atoms with E-state index < -0.39 is 4.92 Å². The van der Waals surface area contributed by atoms with E-state index in [0.29, 0.717) is 19.0 Å². The summed E-state index contributed by atoms with van der Waals surface area (Å²) in [6.07, 6.45) is 2.60. The lowest BCUT2D eigenvalue weighted by atomic mass is 10.2. The number of guanidine groups is 1. The van der Waals surface area contributed by atoms with Crippen LogP contribution < -0.4 is 10.6 Å². The van der Waals surface area contributed by atoms with Gasteiger partial charge in [-0.2, -0.15) is 0 Å². The number of rotatable bonds is 7. The molecule has 0 aliphatic heterocycles. The third-order valence-electron chi connectivity index (χ3n) is 3.57. The highest BCUT2D eigenvalue weighted by Crippen LogP contribution is 2.12. The summed E-state index contributed by atoms with van der Waals surface area (Å²) < 4.78 is 5.30. The van der Waals surface area contributed by atoms with Crippen LogP contribution in [-0.2, 0) is 13.1 Å². The van der Waals surface area contributed by atoms with Crippen LogP contribution in [0, 0.1) is 10.1 Å². The Hall–Kier alpha value is -2.10. The zero-order valence-electron chi connectivity index (χ0n) is 14.3. The van der Waals surface area contributed by atoms with E-state index in [2.05, 4.69) is 29.5 Å². The number of hydrogen-bond acceptors (Lipinski definition) is 4. The second-order valence-corrected chi connectivity index (χ2v) is 5.47. The Kier molecular flexibility index (Phi) is 8.96. The van der Waals surface area contributed by atoms with Gasteiger partial charge in [-0.05, 0) is 31.0 Å². The first kappa shape index (κ1) is 20.9. The van der Waals surface area contributed by atoms with Gasteiger partial charge in [0, 0.05) is 18.2 Å². The van der Waals surface area contributed by atoms with Gasteiger partial charge in [0.2, 0.25) is 0 Å². The van der Waals surface area contributed by atoms with Crippen LogP contribution in [0.1, 0.15) is 31.6 Å². The minimum absolute atomic E-state index is 0. The Morgan fingerprint density at radius 2 is 2.04 bits per heavy atom. The van der Waals surface area contributed by atoms with Gasteiger partial charge in [-0.15, -0.1) is 24.0 Å². The predicted octanol–water partition coefficient (Wildman–Crippen LogP) is 3.84. The van der Waals surface area contributed by atoms with Crippen LogP contribution in [-0.4, -0.2) is 16.9 Å². The molecule has 2 N–H and O–H groups in total. The average molecular weight is 458 g/mol. The maximum atomic E-state index is 10.7. The van der Waals surface area contributed by atoms with E-state index in [0.717, 1.165) is 17.7 Å². The Morgan fingerprint density at radius 1 is 1.32 bits per heavy atom. The first-order valence-electron chi connectivity index (χ1n) is 7.89. The fourth-order valence-corrected chi connectivity index (χ4v) is 1.97. The first-order valence-corrected chi connectivity index (χ1v) is 7.89. The van der Waals surface area contributed by atoms with Crippen molar-refractivity contribution in [1.82, 2.24) is 10.6 Å². The molecule has 0 amide bonds. The van der Waals surface area contributed by atoms with E-state index in [-0.39, 0.29) is 35.7 Å². The predicted molar refractivity (Wildman–Crippen MR) is 108 cm³/mol. The summed E-state index contributed by atoms with van der Waals surface area (Å²) in [6.45, 7) is 5.14. The number of nitrogens with one attached hydrogen (secondary N) is 2. The summed E-state index contributed by atoms with van der Waals surface area (Å²) in [4.78, 5) is 14.8. The van der Waals surface area contributed by atoms with E-state index in [1.54, 1.807) is 18.4 Å². The summed E-state index contributed by atoms with van der Waals surface area (Å²) >= 11 is 0. The Morgan fingerprint density at radius 3 is 2.60 bits per heavy atom. The highest BCUT2D eigenvalue weighted by atomic mass is 127. The molecule has 8 heteroatoms. The van der Waals surface area contributed by atoms with Gasteiger partial charge in [-0.1, -0.05) is 19.1 Å². The minimum Gasteiger partial charge on any atom is -0.467 e. The molecule has 2 rings (SSSR count). The molecule has 0 spiro atoms. The van der Waals surface area contributed by atoms with Crippen molar-refractivity contribution in [3.63, 3.8) is 0 Å². The van der Waals surface area contributed by atoms with Crippen LogP contribution in [0.4, 0.5) is 5.69 Å². The van der Waals surface area contributed by atoms with Crippen LogP contribution in [0.5, 0.6) is 0 Å². The molecule has 0 bridgehead atoms. The van der Waals surface area contributed by atoms with Gasteiger partial charge in [0.1, 0.15) is 5.76 Å². The molecule has 1 unspecified atom stereocenters. The van der Waals surface area contributed by atoms with Crippen LogP contribution in [0.15, 0.2) is 52.1 Å². The van der Waals surface area contributed by atoms with Gasteiger partial charge < -0.3 is 15.1 Å². The maximum Gasteiger partial charge on any atom is 0.269 e. The lowest BCUT2D eigenvalue weighted by Crippen LogP contribution is -2.41. The van der Waals surface area contributed by atoms with Crippen LogP contribution >= 0.6 is 24.0 Å². The number of non-ortho nitro benzene ring substituents is 1. The summed E-state index contributed by atoms with van der Waals surface area (Å²) in [5.41, 5.74) is 0.987. The average Bonchev–Trinajstić information content (AvgIpc) is 3.11. The largest absolute Gasteiger partial charge is 0.467 e. The van der Waals surface area contributed by atoms with Crippen LogP contribution in [0.25, 0.3) is 0 Å². The molecule has 0 aliphatic rings. The van der Waals surface area contributed by atoms with E-state index in [1.807, 2.05) is 12.1 Å². The molecule has 0 aliphatic carbocycles. The van der Waals surface area contributed by atoms with E-state index in [4.69, 9.17) is 4.42 Å². The van der Waals surface area contributed by atoms with Crippen molar-refractivity contribution in [2.75, 3.05) is 0 Å². The van der Waals surface area contributed by atoms with E-state index in [1.165, 1.54) is 12.1 Å². The number of nitro groups is 1. The van der Waals surface area contributed by atoms with Crippen molar-refractivity contribution in [3.8, 4) is 0 Å². The number of aliphatic imine (C=N–C) groups is 1. The maximum absolute atomic E-state index is 10.7. The Bertz CT molecular complexity index is 672. The van der Waals surface area contributed by atoms with Gasteiger partial charge in [0.25, 0.3) is 5.69 Å². The van der Waals surface area contributed by atoms with E-state index >= 15 is 0 Å². The zero-order chi connectivity index (χ0) is 17.4. The third kappa shape index (κ3) is 7.12. The zero-order valence-corrected chi connectivity index (χ0v) is 16.6. The molecule has 0 saturated carbocycles. The number of nitro benzene ring substituents is 1. The smallest absolute Gasteiger partial charge is 0.269 e. The first-order chi connectivity index (χ1) is 11.6. The third-order valence-corrected chi connectivity index (χ3v) is 3.57. The van der Waals surface area contributed by atoms with Gasteiger partial charge in [0.15, 0.2) is 5.96 Å². The van der Waals surface area contributed by atoms with Crippen molar-refractivity contribution >= 4 is 35.6 Å². The SMILES string of the molecule is CCC(C)NC(=NCc1ccc([N+](=O)[O-])cc1)NCc1ccco1.I. The fourth-order valence-electron chi connectivity index (χ4n) is 1.97. The van der Waals surface area contributed by atoms with Crippen molar-refractivity contribution < 1.29 is 9.34 Å². The summed E-state index contributed by atoms with van der Waals surface area (Å²) in [6, 6.07) is 10.4. The molecule has 0 fully saturated rings. The van der Waals surface area contributed by atoms with Crippen LogP contribution in [0.3, 0.4) is 0 Å². The standard InChI is InChI=1S/C17H22N4O3.HI/c1-3-13(2)20-17(19-12-16-5-4-10-24-16)18-11-14-6-8-15(9-7-14)21(22)23;/h4-10,13H,3,11-12H2,1-2H3,(H2,18,19,20);1H. The highest BCUT2D eigenvalue weighted by molar-refractivity contribution is 14.0. The molecule has 25 heavy (non-hydrogen) atoms. The number of furan rings is 1. The van der Waals surface area contributed by atoms with Gasteiger partial charge in [-0.3, -0.25) is 10.1 Å². The summed E-state index contributed by atoms with van der Waals surface area (Å²) in [5.74, 6) is 1.50. The molecule has 7 nitrogen and oxygen atoms in total. The van der Waals surface area contributed by atoms with Crippen molar-refractivity contribution in [2.45, 2.75) is 39.4 Å². The second-order valence-electron chi connectivity index (χ2n) is 5.47. The monoisotopic (exact) mass is 458 g/mol. The molecule has 1 aromatic heterocycles. The highest BCUT2D eigenvalue weighted by Gasteiger charge is 2.06. The Balaban J connectivity index is 0.00000312. The van der Waals surface area contributed by atoms with Gasteiger partial charge in [0.05, 0.1) is 24.3 Å². The number of benzene rings is 1. The van der Waals surface area contributed by atoms with Gasteiger partial charge >= 0.3 is 0 Å². The van der Waals surface area contributed by atoms with Crippen molar-refractivity contribution in [3.05, 3.63) is 64.1 Å². The quantitative estimate of drug-likeness (QED) is 0.216. The summed E-state index contributed by atoms with van der Waals surface area (Å²) in [5, 5.41) is 17.2. The lowest BCUT2D eigenvalue weighted by molar-refractivity contribution is -0.384.